The average molecular weight is 405 g/mol. The van der Waals surface area contributed by atoms with E-state index in [4.69, 9.17) is 4.74 Å². The fraction of sp³-hybridized carbons (Fsp3) is 0.375. The second-order valence-electron chi connectivity index (χ2n) is 8.24. The number of hydrogen-bond acceptors (Lipinski definition) is 4. The van der Waals surface area contributed by atoms with Gasteiger partial charge in [0, 0.05) is 30.7 Å². The van der Waals surface area contributed by atoms with Gasteiger partial charge in [-0.1, -0.05) is 41.5 Å². The average Bonchev–Trinajstić information content (AvgIpc) is 3.26. The lowest BCUT2D eigenvalue weighted by Gasteiger charge is -2.38. The molecule has 1 aromatic heterocycles. The summed E-state index contributed by atoms with van der Waals surface area (Å²) in [4.78, 5) is 16.8. The second-order valence-corrected chi connectivity index (χ2v) is 8.24. The molecule has 30 heavy (non-hydrogen) atoms. The van der Waals surface area contributed by atoms with Gasteiger partial charge in [0.1, 0.15) is 12.7 Å². The number of amides is 1. The minimum absolute atomic E-state index is 0.0439. The molecule has 0 spiro atoms. The van der Waals surface area contributed by atoms with Gasteiger partial charge in [0.15, 0.2) is 0 Å². The molecule has 0 bridgehead atoms. The standard InChI is InChI=1S/C24H28N4O2/c1-18-11-19(2)13-22(12-18)24(7-9-30-10-8-24)15-26-23(29)21-5-3-20(4-6-21)14-28-17-25-16-27-28/h3-6,11-13,16-17H,7-10,14-15H2,1-2H3,(H,26,29). The first kappa shape index (κ1) is 20.3. The van der Waals surface area contributed by atoms with Crippen molar-refractivity contribution in [2.45, 2.75) is 38.6 Å². The molecule has 1 N–H and O–H groups in total. The Morgan fingerprint density at radius 1 is 1.10 bits per heavy atom. The highest BCUT2D eigenvalue weighted by atomic mass is 16.5. The van der Waals surface area contributed by atoms with Gasteiger partial charge >= 0.3 is 0 Å². The molecule has 1 saturated heterocycles. The summed E-state index contributed by atoms with van der Waals surface area (Å²) in [7, 11) is 0. The summed E-state index contributed by atoms with van der Waals surface area (Å²) in [6, 6.07) is 14.4. The van der Waals surface area contributed by atoms with Crippen molar-refractivity contribution in [3.63, 3.8) is 0 Å². The van der Waals surface area contributed by atoms with Crippen molar-refractivity contribution in [3.05, 3.63) is 82.9 Å². The van der Waals surface area contributed by atoms with Crippen LogP contribution in [0.3, 0.4) is 0 Å². The molecule has 0 atom stereocenters. The number of carbonyl (C=O) groups is 1. The van der Waals surface area contributed by atoms with Crippen molar-refractivity contribution in [2.75, 3.05) is 19.8 Å². The van der Waals surface area contributed by atoms with E-state index in [1.54, 1.807) is 11.0 Å². The lowest BCUT2D eigenvalue weighted by Crippen LogP contribution is -2.44. The molecule has 0 aliphatic carbocycles. The maximum atomic E-state index is 12.9. The van der Waals surface area contributed by atoms with Gasteiger partial charge in [-0.05, 0) is 49.9 Å². The molecule has 6 nitrogen and oxygen atoms in total. The fourth-order valence-corrected chi connectivity index (χ4v) is 4.23. The van der Waals surface area contributed by atoms with E-state index in [9.17, 15) is 4.79 Å². The normalized spacial score (nSPS) is 15.7. The summed E-state index contributed by atoms with van der Waals surface area (Å²) in [6.45, 7) is 6.95. The van der Waals surface area contributed by atoms with Crippen LogP contribution in [0.25, 0.3) is 0 Å². The summed E-state index contributed by atoms with van der Waals surface area (Å²) in [5.74, 6) is -0.0439. The SMILES string of the molecule is Cc1cc(C)cc(C2(CNC(=O)c3ccc(Cn4cncn4)cc3)CCOCC2)c1. The third kappa shape index (κ3) is 4.60. The van der Waals surface area contributed by atoms with Gasteiger partial charge in [-0.15, -0.1) is 0 Å². The van der Waals surface area contributed by atoms with E-state index >= 15 is 0 Å². The third-order valence-corrected chi connectivity index (χ3v) is 5.90. The van der Waals surface area contributed by atoms with Gasteiger partial charge in [0.2, 0.25) is 0 Å². The number of nitrogens with one attached hydrogen (secondary N) is 1. The van der Waals surface area contributed by atoms with Gasteiger partial charge in [-0.2, -0.15) is 5.10 Å². The second kappa shape index (κ2) is 8.79. The Morgan fingerprint density at radius 3 is 2.43 bits per heavy atom. The zero-order valence-corrected chi connectivity index (χ0v) is 17.6. The van der Waals surface area contributed by atoms with Crippen molar-refractivity contribution in [3.8, 4) is 0 Å². The topological polar surface area (TPSA) is 69.0 Å². The van der Waals surface area contributed by atoms with E-state index in [2.05, 4.69) is 47.4 Å². The number of hydrogen-bond donors (Lipinski definition) is 1. The van der Waals surface area contributed by atoms with Crippen LogP contribution in [0.15, 0.2) is 55.1 Å². The zero-order valence-electron chi connectivity index (χ0n) is 17.6. The number of aromatic nitrogens is 3. The molecule has 2 heterocycles. The van der Waals surface area contributed by atoms with Crippen molar-refractivity contribution in [1.29, 1.82) is 0 Å². The smallest absolute Gasteiger partial charge is 0.251 e. The molecule has 2 aromatic carbocycles. The molecule has 1 aliphatic rings. The molecule has 4 rings (SSSR count). The number of benzene rings is 2. The number of carbonyl (C=O) groups excluding carboxylic acids is 1. The highest BCUT2D eigenvalue weighted by molar-refractivity contribution is 5.94. The van der Waals surface area contributed by atoms with Crippen LogP contribution in [0.5, 0.6) is 0 Å². The monoisotopic (exact) mass is 404 g/mol. The molecule has 6 heteroatoms. The minimum Gasteiger partial charge on any atom is -0.381 e. The van der Waals surface area contributed by atoms with Crippen molar-refractivity contribution < 1.29 is 9.53 Å². The van der Waals surface area contributed by atoms with E-state index in [0.29, 0.717) is 18.7 Å². The first-order valence-corrected chi connectivity index (χ1v) is 10.4. The maximum absolute atomic E-state index is 12.9. The van der Waals surface area contributed by atoms with Crippen LogP contribution in [-0.4, -0.2) is 40.4 Å². The summed E-state index contributed by atoms with van der Waals surface area (Å²) in [5, 5.41) is 7.30. The van der Waals surface area contributed by atoms with Crippen molar-refractivity contribution in [2.24, 2.45) is 0 Å². The fourth-order valence-electron chi connectivity index (χ4n) is 4.23. The minimum atomic E-state index is -0.0856. The Balaban J connectivity index is 1.46. The van der Waals surface area contributed by atoms with Crippen LogP contribution < -0.4 is 5.32 Å². The molecule has 1 fully saturated rings. The number of ether oxygens (including phenoxy) is 1. The molecule has 0 saturated carbocycles. The maximum Gasteiger partial charge on any atom is 0.251 e. The van der Waals surface area contributed by atoms with Crippen LogP contribution in [-0.2, 0) is 16.7 Å². The first-order valence-electron chi connectivity index (χ1n) is 10.4. The largest absolute Gasteiger partial charge is 0.381 e. The Morgan fingerprint density at radius 2 is 1.80 bits per heavy atom. The van der Waals surface area contributed by atoms with E-state index in [1.807, 2.05) is 24.3 Å². The predicted molar refractivity (Wildman–Crippen MR) is 116 cm³/mol. The number of nitrogens with zero attached hydrogens (tertiary/aromatic N) is 3. The molecular formula is C24H28N4O2. The van der Waals surface area contributed by atoms with Gasteiger partial charge < -0.3 is 10.1 Å². The Hall–Kier alpha value is -2.99. The first-order chi connectivity index (χ1) is 14.5. The summed E-state index contributed by atoms with van der Waals surface area (Å²) < 4.78 is 7.39. The van der Waals surface area contributed by atoms with Crippen LogP contribution in [0.2, 0.25) is 0 Å². The number of aryl methyl sites for hydroxylation is 2. The zero-order chi connectivity index (χ0) is 21.0. The van der Waals surface area contributed by atoms with E-state index in [-0.39, 0.29) is 11.3 Å². The van der Waals surface area contributed by atoms with Gasteiger partial charge in [-0.3, -0.25) is 4.79 Å². The Kier molecular flexibility index (Phi) is 5.95. The van der Waals surface area contributed by atoms with Crippen LogP contribution in [0.4, 0.5) is 0 Å². The van der Waals surface area contributed by atoms with Crippen LogP contribution in [0, 0.1) is 13.8 Å². The van der Waals surface area contributed by atoms with Gasteiger partial charge in [0.25, 0.3) is 5.91 Å². The highest BCUT2D eigenvalue weighted by Crippen LogP contribution is 2.35. The van der Waals surface area contributed by atoms with E-state index < -0.39 is 0 Å². The summed E-state index contributed by atoms with van der Waals surface area (Å²) >= 11 is 0. The third-order valence-electron chi connectivity index (χ3n) is 5.90. The molecule has 1 aliphatic heterocycles. The number of rotatable bonds is 6. The molecule has 0 radical (unpaired) electrons. The highest BCUT2D eigenvalue weighted by Gasteiger charge is 2.35. The molecule has 1 amide bonds. The predicted octanol–water partition coefficient (Wildman–Crippen LogP) is 3.42. The molecular weight excluding hydrogens is 376 g/mol. The van der Waals surface area contributed by atoms with Gasteiger partial charge in [-0.25, -0.2) is 9.67 Å². The van der Waals surface area contributed by atoms with Crippen LogP contribution >= 0.6 is 0 Å². The Bertz CT molecular complexity index is 970. The van der Waals surface area contributed by atoms with Crippen molar-refractivity contribution >= 4 is 5.91 Å². The van der Waals surface area contributed by atoms with E-state index in [0.717, 1.165) is 31.6 Å². The van der Waals surface area contributed by atoms with Crippen molar-refractivity contribution in [1.82, 2.24) is 20.1 Å². The molecule has 3 aromatic rings. The lowest BCUT2D eigenvalue weighted by atomic mass is 9.73. The quantitative estimate of drug-likeness (QED) is 0.684. The Labute approximate surface area is 177 Å². The molecule has 0 unspecified atom stereocenters. The van der Waals surface area contributed by atoms with Gasteiger partial charge in [0.05, 0.1) is 6.54 Å². The summed E-state index contributed by atoms with van der Waals surface area (Å²) in [5.41, 5.74) is 5.47. The summed E-state index contributed by atoms with van der Waals surface area (Å²) in [6.07, 6.45) is 5.02. The molecule has 156 valence electrons. The van der Waals surface area contributed by atoms with E-state index in [1.165, 1.54) is 23.0 Å². The lowest BCUT2D eigenvalue weighted by molar-refractivity contribution is 0.0487. The van der Waals surface area contributed by atoms with Crippen LogP contribution in [0.1, 0.15) is 45.5 Å².